The lowest BCUT2D eigenvalue weighted by atomic mass is 10.3. The van der Waals surface area contributed by atoms with Gasteiger partial charge < -0.3 is 9.88 Å². The van der Waals surface area contributed by atoms with Gasteiger partial charge in [0.2, 0.25) is 5.91 Å². The van der Waals surface area contributed by atoms with Gasteiger partial charge in [0.25, 0.3) is 0 Å². The van der Waals surface area contributed by atoms with E-state index in [0.29, 0.717) is 10.7 Å². The predicted molar refractivity (Wildman–Crippen MR) is 101 cm³/mol. The van der Waals surface area contributed by atoms with Crippen molar-refractivity contribution >= 4 is 46.0 Å². The summed E-state index contributed by atoms with van der Waals surface area (Å²) in [5, 5.41) is 4.07. The van der Waals surface area contributed by atoms with E-state index in [-0.39, 0.29) is 11.2 Å². The minimum absolute atomic E-state index is 0.0722. The third-order valence-corrected chi connectivity index (χ3v) is 5.00. The van der Waals surface area contributed by atoms with Crippen LogP contribution in [-0.4, -0.2) is 20.7 Å². The highest BCUT2D eigenvalue weighted by atomic mass is 35.5. The number of amides is 1. The van der Waals surface area contributed by atoms with Crippen LogP contribution in [0.1, 0.15) is 13.8 Å². The Kier molecular flexibility index (Phi) is 5.11. The Bertz CT molecular complexity index is 878. The lowest BCUT2D eigenvalue weighted by Gasteiger charge is -2.12. The number of nitrogens with zero attached hydrogens (tertiary/aromatic N) is 2. The molecule has 0 aliphatic heterocycles. The van der Waals surface area contributed by atoms with Crippen LogP contribution in [0.3, 0.4) is 0 Å². The number of hydrogen-bond acceptors (Lipinski definition) is 3. The molecule has 0 saturated carbocycles. The van der Waals surface area contributed by atoms with Gasteiger partial charge in [0.05, 0.1) is 16.3 Å². The minimum atomic E-state index is -0.272. The molecule has 124 valence electrons. The molecule has 0 aliphatic rings. The van der Waals surface area contributed by atoms with Crippen LogP contribution in [0.25, 0.3) is 11.0 Å². The molecule has 3 rings (SSSR count). The van der Waals surface area contributed by atoms with Crippen molar-refractivity contribution in [2.45, 2.75) is 30.8 Å². The number of imidazole rings is 1. The Balaban J connectivity index is 1.76. The Morgan fingerprint density at radius 1 is 1.29 bits per heavy atom. The number of fused-ring (bicyclic) bond motifs is 1. The maximum absolute atomic E-state index is 12.4. The topological polar surface area (TPSA) is 46.9 Å². The monoisotopic (exact) mass is 359 g/mol. The Hall–Kier alpha value is -1.98. The molecule has 1 N–H and O–H groups in total. The van der Waals surface area contributed by atoms with Crippen LogP contribution in [0.4, 0.5) is 5.69 Å². The molecule has 0 bridgehead atoms. The second kappa shape index (κ2) is 7.28. The molecular formula is C18H18ClN3OS. The fourth-order valence-corrected chi connectivity index (χ4v) is 3.65. The van der Waals surface area contributed by atoms with Gasteiger partial charge in [-0.2, -0.15) is 0 Å². The van der Waals surface area contributed by atoms with Gasteiger partial charge in [0, 0.05) is 17.3 Å². The maximum Gasteiger partial charge on any atom is 0.237 e. The molecule has 0 unspecified atom stereocenters. The Morgan fingerprint density at radius 3 is 2.83 bits per heavy atom. The highest BCUT2D eigenvalue weighted by molar-refractivity contribution is 8.00. The van der Waals surface area contributed by atoms with Crippen LogP contribution >= 0.6 is 23.4 Å². The fourth-order valence-electron chi connectivity index (χ4n) is 2.47. The molecule has 1 amide bonds. The summed E-state index contributed by atoms with van der Waals surface area (Å²) in [4.78, 5) is 17.1. The maximum atomic E-state index is 12.4. The molecule has 0 saturated heterocycles. The quantitative estimate of drug-likeness (QED) is 0.664. The van der Waals surface area contributed by atoms with Crippen molar-refractivity contribution in [1.82, 2.24) is 9.55 Å². The average Bonchev–Trinajstić information content (AvgIpc) is 2.91. The first-order valence-corrected chi connectivity index (χ1v) is 9.02. The van der Waals surface area contributed by atoms with Crippen molar-refractivity contribution in [2.75, 3.05) is 5.32 Å². The van der Waals surface area contributed by atoms with E-state index < -0.39 is 0 Å². The van der Waals surface area contributed by atoms with Crippen LogP contribution in [0.15, 0.2) is 53.7 Å². The van der Waals surface area contributed by atoms with Crippen LogP contribution in [-0.2, 0) is 11.3 Å². The number of rotatable bonds is 5. The third kappa shape index (κ3) is 3.57. The number of carbonyl (C=O) groups is 1. The normalized spacial score (nSPS) is 12.3. The lowest BCUT2D eigenvalue weighted by Crippen LogP contribution is -2.22. The summed E-state index contributed by atoms with van der Waals surface area (Å²) in [6, 6.07) is 15.2. The number of aryl methyl sites for hydroxylation is 1. The van der Waals surface area contributed by atoms with Crippen molar-refractivity contribution < 1.29 is 4.79 Å². The zero-order valence-electron chi connectivity index (χ0n) is 13.5. The van der Waals surface area contributed by atoms with E-state index in [4.69, 9.17) is 11.6 Å². The Labute approximate surface area is 150 Å². The largest absolute Gasteiger partial charge is 0.325 e. The standard InChI is InChI=1S/C18H18ClN3OS/c1-3-22-16-10-5-4-9-15(16)21-18(22)24-12(2)17(23)20-14-8-6-7-13(19)11-14/h4-12H,3H2,1-2H3,(H,20,23)/t12-/m0/s1. The number of thioether (sulfide) groups is 1. The molecule has 0 radical (unpaired) electrons. The first-order chi connectivity index (χ1) is 11.6. The molecule has 1 atom stereocenters. The highest BCUT2D eigenvalue weighted by Crippen LogP contribution is 2.28. The summed E-state index contributed by atoms with van der Waals surface area (Å²) in [5.41, 5.74) is 2.73. The van der Waals surface area contributed by atoms with Gasteiger partial charge in [-0.15, -0.1) is 0 Å². The molecule has 0 spiro atoms. The number of para-hydroxylation sites is 2. The number of benzene rings is 2. The van der Waals surface area contributed by atoms with Crippen molar-refractivity contribution in [3.63, 3.8) is 0 Å². The first kappa shape index (κ1) is 16.9. The summed E-state index contributed by atoms with van der Waals surface area (Å²) in [5.74, 6) is -0.0722. The molecular weight excluding hydrogens is 342 g/mol. The molecule has 0 aliphatic carbocycles. The van der Waals surface area contributed by atoms with E-state index in [1.165, 1.54) is 11.8 Å². The van der Waals surface area contributed by atoms with E-state index in [0.717, 1.165) is 22.7 Å². The van der Waals surface area contributed by atoms with Gasteiger partial charge in [0.15, 0.2) is 5.16 Å². The van der Waals surface area contributed by atoms with Gasteiger partial charge in [-0.05, 0) is 44.2 Å². The van der Waals surface area contributed by atoms with Crippen molar-refractivity contribution in [1.29, 1.82) is 0 Å². The summed E-state index contributed by atoms with van der Waals surface area (Å²) >= 11 is 7.41. The molecule has 0 fully saturated rings. The van der Waals surface area contributed by atoms with E-state index in [2.05, 4.69) is 21.8 Å². The molecule has 3 aromatic rings. The second-order valence-corrected chi connectivity index (χ2v) is 7.13. The Morgan fingerprint density at radius 2 is 2.08 bits per heavy atom. The molecule has 1 heterocycles. The SMILES string of the molecule is CCn1c(S[C@@H](C)C(=O)Nc2cccc(Cl)c2)nc2ccccc21. The van der Waals surface area contributed by atoms with Crippen molar-refractivity contribution in [2.24, 2.45) is 0 Å². The van der Waals surface area contributed by atoms with Crippen molar-refractivity contribution in [3.05, 3.63) is 53.6 Å². The van der Waals surface area contributed by atoms with Gasteiger partial charge in [-0.3, -0.25) is 4.79 Å². The predicted octanol–water partition coefficient (Wildman–Crippen LogP) is 4.83. The number of aromatic nitrogens is 2. The third-order valence-electron chi connectivity index (χ3n) is 3.68. The number of halogens is 1. The summed E-state index contributed by atoms with van der Waals surface area (Å²) in [6.45, 7) is 4.77. The molecule has 4 nitrogen and oxygen atoms in total. The molecule has 1 aromatic heterocycles. The number of anilines is 1. The van der Waals surface area contributed by atoms with Crippen LogP contribution in [0.2, 0.25) is 5.02 Å². The zero-order chi connectivity index (χ0) is 17.1. The van der Waals surface area contributed by atoms with Crippen molar-refractivity contribution in [3.8, 4) is 0 Å². The highest BCUT2D eigenvalue weighted by Gasteiger charge is 2.19. The number of hydrogen-bond donors (Lipinski definition) is 1. The van der Waals surface area contributed by atoms with E-state index in [1.54, 1.807) is 12.1 Å². The molecule has 24 heavy (non-hydrogen) atoms. The van der Waals surface area contributed by atoms with Crippen LogP contribution in [0, 0.1) is 0 Å². The smallest absolute Gasteiger partial charge is 0.237 e. The lowest BCUT2D eigenvalue weighted by molar-refractivity contribution is -0.115. The van der Waals surface area contributed by atoms with Gasteiger partial charge >= 0.3 is 0 Å². The fraction of sp³-hybridized carbons (Fsp3) is 0.222. The minimum Gasteiger partial charge on any atom is -0.325 e. The van der Waals surface area contributed by atoms with Gasteiger partial charge in [-0.25, -0.2) is 4.98 Å². The molecule has 6 heteroatoms. The zero-order valence-corrected chi connectivity index (χ0v) is 15.1. The number of nitrogens with one attached hydrogen (secondary N) is 1. The number of carbonyl (C=O) groups excluding carboxylic acids is 1. The van der Waals surface area contributed by atoms with E-state index >= 15 is 0 Å². The van der Waals surface area contributed by atoms with E-state index in [1.807, 2.05) is 43.3 Å². The first-order valence-electron chi connectivity index (χ1n) is 7.77. The average molecular weight is 360 g/mol. The van der Waals surface area contributed by atoms with Crippen LogP contribution in [0.5, 0.6) is 0 Å². The van der Waals surface area contributed by atoms with Gasteiger partial charge in [-0.1, -0.05) is 41.6 Å². The van der Waals surface area contributed by atoms with Gasteiger partial charge in [0.1, 0.15) is 0 Å². The summed E-state index contributed by atoms with van der Waals surface area (Å²) < 4.78 is 2.13. The van der Waals surface area contributed by atoms with E-state index in [9.17, 15) is 4.79 Å². The second-order valence-electron chi connectivity index (χ2n) is 5.39. The summed E-state index contributed by atoms with van der Waals surface area (Å²) in [6.07, 6.45) is 0. The summed E-state index contributed by atoms with van der Waals surface area (Å²) in [7, 11) is 0. The van der Waals surface area contributed by atoms with Crippen LogP contribution < -0.4 is 5.32 Å². The molecule has 2 aromatic carbocycles.